The molecule has 0 aliphatic heterocycles. The second-order valence-electron chi connectivity index (χ2n) is 4.31. The summed E-state index contributed by atoms with van der Waals surface area (Å²) in [5, 5.41) is 8.79. The van der Waals surface area contributed by atoms with E-state index < -0.39 is 0 Å². The first-order valence-electron chi connectivity index (χ1n) is 6.09. The minimum Gasteiger partial charge on any atom is -0.198 e. The summed E-state index contributed by atoms with van der Waals surface area (Å²) in [7, 11) is 0. The fraction of sp³-hybridized carbons (Fsp3) is 0.643. The summed E-state index contributed by atoms with van der Waals surface area (Å²) in [6.45, 7) is 4.49. The average Bonchev–Trinajstić information content (AvgIpc) is 2.29. The Morgan fingerprint density at radius 1 is 1.40 bits per heavy atom. The number of allylic oxidation sites excluding steroid dienone is 4. The zero-order valence-electron chi connectivity index (χ0n) is 9.87. The van der Waals surface area contributed by atoms with E-state index in [0.29, 0.717) is 0 Å². The van der Waals surface area contributed by atoms with Gasteiger partial charge >= 0.3 is 0 Å². The molecule has 0 amide bonds. The smallest absolute Gasteiger partial charge is 0.0700 e. The van der Waals surface area contributed by atoms with Crippen molar-refractivity contribution in [1.29, 1.82) is 5.26 Å². The van der Waals surface area contributed by atoms with Gasteiger partial charge in [0.2, 0.25) is 0 Å². The van der Waals surface area contributed by atoms with Crippen molar-refractivity contribution < 1.29 is 0 Å². The van der Waals surface area contributed by atoms with Gasteiger partial charge in [-0.25, -0.2) is 0 Å². The van der Waals surface area contributed by atoms with E-state index in [2.05, 4.69) is 38.1 Å². The van der Waals surface area contributed by atoms with E-state index in [-0.39, 0.29) is 5.92 Å². The Bertz CT molecular complexity index is 274. The Labute approximate surface area is 93.5 Å². The lowest BCUT2D eigenvalue weighted by molar-refractivity contribution is 0.508. The lowest BCUT2D eigenvalue weighted by Crippen LogP contribution is -2.06. The topological polar surface area (TPSA) is 23.8 Å². The summed E-state index contributed by atoms with van der Waals surface area (Å²) < 4.78 is 0. The molecule has 1 unspecified atom stereocenters. The van der Waals surface area contributed by atoms with Crippen LogP contribution in [0.3, 0.4) is 0 Å². The first kappa shape index (κ1) is 12.0. The summed E-state index contributed by atoms with van der Waals surface area (Å²) in [6.07, 6.45) is 12.5. The standard InChI is InChI=1S/C14H21N/c1-3-5-13(6-4-2)14-9-7-12(11-15)8-10-14/h7,9-10,12-13H,3-6,8H2,1-2H3. The second-order valence-corrected chi connectivity index (χ2v) is 4.31. The molecule has 1 aliphatic rings. The normalized spacial score (nSPS) is 20.1. The molecule has 0 aromatic rings. The molecule has 0 spiro atoms. The molecule has 0 saturated carbocycles. The number of nitrogens with zero attached hydrogens (tertiary/aromatic N) is 1. The van der Waals surface area contributed by atoms with Gasteiger partial charge in [0, 0.05) is 0 Å². The van der Waals surface area contributed by atoms with Crippen molar-refractivity contribution in [3.8, 4) is 6.07 Å². The van der Waals surface area contributed by atoms with Gasteiger partial charge in [0.25, 0.3) is 0 Å². The molecule has 1 heteroatoms. The summed E-state index contributed by atoms with van der Waals surface area (Å²) in [4.78, 5) is 0. The fourth-order valence-corrected chi connectivity index (χ4v) is 2.21. The molecule has 1 aliphatic carbocycles. The van der Waals surface area contributed by atoms with Crippen LogP contribution in [0.2, 0.25) is 0 Å². The molecule has 0 bridgehead atoms. The van der Waals surface area contributed by atoms with Crippen molar-refractivity contribution in [2.24, 2.45) is 11.8 Å². The van der Waals surface area contributed by atoms with Crippen molar-refractivity contribution in [3.05, 3.63) is 23.8 Å². The largest absolute Gasteiger partial charge is 0.198 e. The summed E-state index contributed by atoms with van der Waals surface area (Å²) in [5.41, 5.74) is 1.46. The van der Waals surface area contributed by atoms with Crippen LogP contribution in [0.1, 0.15) is 46.0 Å². The van der Waals surface area contributed by atoms with Crippen LogP contribution in [-0.2, 0) is 0 Å². The molecule has 15 heavy (non-hydrogen) atoms. The van der Waals surface area contributed by atoms with Crippen LogP contribution in [0.4, 0.5) is 0 Å². The van der Waals surface area contributed by atoms with Gasteiger partial charge in [-0.2, -0.15) is 5.26 Å². The highest BCUT2D eigenvalue weighted by Crippen LogP contribution is 2.28. The van der Waals surface area contributed by atoms with Crippen LogP contribution >= 0.6 is 0 Å². The highest BCUT2D eigenvalue weighted by Gasteiger charge is 2.14. The van der Waals surface area contributed by atoms with Gasteiger partial charge in [-0.1, -0.05) is 44.9 Å². The molecule has 0 heterocycles. The predicted octanol–water partition coefficient (Wildman–Crippen LogP) is 4.23. The summed E-state index contributed by atoms with van der Waals surface area (Å²) >= 11 is 0. The Balaban J connectivity index is 2.59. The quantitative estimate of drug-likeness (QED) is 0.656. The maximum Gasteiger partial charge on any atom is 0.0700 e. The van der Waals surface area contributed by atoms with E-state index >= 15 is 0 Å². The van der Waals surface area contributed by atoms with Crippen molar-refractivity contribution >= 4 is 0 Å². The molecule has 0 aromatic carbocycles. The second kappa shape index (κ2) is 6.45. The lowest BCUT2D eigenvalue weighted by atomic mass is 9.85. The lowest BCUT2D eigenvalue weighted by Gasteiger charge is -2.20. The third kappa shape index (κ3) is 3.55. The molecule has 1 rings (SSSR count). The highest BCUT2D eigenvalue weighted by atomic mass is 14.3. The fourth-order valence-electron chi connectivity index (χ4n) is 2.21. The predicted molar refractivity (Wildman–Crippen MR) is 64.2 cm³/mol. The van der Waals surface area contributed by atoms with Gasteiger partial charge in [0.05, 0.1) is 12.0 Å². The minimum atomic E-state index is 0.109. The van der Waals surface area contributed by atoms with E-state index in [1.807, 2.05) is 0 Å². The van der Waals surface area contributed by atoms with Crippen molar-refractivity contribution in [1.82, 2.24) is 0 Å². The molecule has 1 nitrogen and oxygen atoms in total. The maximum atomic E-state index is 8.79. The van der Waals surface area contributed by atoms with E-state index in [1.54, 1.807) is 0 Å². The van der Waals surface area contributed by atoms with E-state index in [0.717, 1.165) is 12.3 Å². The zero-order valence-corrected chi connectivity index (χ0v) is 9.87. The van der Waals surface area contributed by atoms with Crippen LogP contribution in [-0.4, -0.2) is 0 Å². The van der Waals surface area contributed by atoms with Crippen molar-refractivity contribution in [3.63, 3.8) is 0 Å². The monoisotopic (exact) mass is 203 g/mol. The molecule has 82 valence electrons. The molecular weight excluding hydrogens is 182 g/mol. The number of hydrogen-bond donors (Lipinski definition) is 0. The first-order chi connectivity index (χ1) is 7.31. The van der Waals surface area contributed by atoms with Crippen LogP contribution in [0, 0.1) is 23.2 Å². The van der Waals surface area contributed by atoms with Crippen LogP contribution in [0.25, 0.3) is 0 Å². The molecular formula is C14H21N. The van der Waals surface area contributed by atoms with Gasteiger partial charge in [0.15, 0.2) is 0 Å². The summed E-state index contributed by atoms with van der Waals surface area (Å²) in [6, 6.07) is 2.30. The number of hydrogen-bond acceptors (Lipinski definition) is 1. The molecule has 1 atom stereocenters. The van der Waals surface area contributed by atoms with Gasteiger partial charge in [0.1, 0.15) is 0 Å². The Kier molecular flexibility index (Phi) is 5.18. The van der Waals surface area contributed by atoms with Gasteiger partial charge < -0.3 is 0 Å². The van der Waals surface area contributed by atoms with Gasteiger partial charge in [-0.15, -0.1) is 0 Å². The molecule has 0 fully saturated rings. The van der Waals surface area contributed by atoms with E-state index in [4.69, 9.17) is 5.26 Å². The Morgan fingerprint density at radius 3 is 2.47 bits per heavy atom. The highest BCUT2D eigenvalue weighted by molar-refractivity contribution is 5.28. The molecule has 0 saturated heterocycles. The SMILES string of the molecule is CCCC(CCC)C1=CCC(C#N)C=C1. The first-order valence-corrected chi connectivity index (χ1v) is 6.09. The molecule has 0 aromatic heterocycles. The average molecular weight is 203 g/mol. The van der Waals surface area contributed by atoms with Crippen molar-refractivity contribution in [2.45, 2.75) is 46.0 Å². The van der Waals surface area contributed by atoms with Gasteiger partial charge in [-0.05, 0) is 30.8 Å². The van der Waals surface area contributed by atoms with E-state index in [1.165, 1.54) is 31.3 Å². The third-order valence-electron chi connectivity index (χ3n) is 3.04. The molecule has 0 radical (unpaired) electrons. The third-order valence-corrected chi connectivity index (χ3v) is 3.04. The van der Waals surface area contributed by atoms with Crippen LogP contribution in [0.5, 0.6) is 0 Å². The number of nitriles is 1. The number of rotatable bonds is 5. The van der Waals surface area contributed by atoms with Crippen molar-refractivity contribution in [2.75, 3.05) is 0 Å². The van der Waals surface area contributed by atoms with Crippen LogP contribution < -0.4 is 0 Å². The maximum absolute atomic E-state index is 8.79. The van der Waals surface area contributed by atoms with E-state index in [9.17, 15) is 0 Å². The summed E-state index contributed by atoms with van der Waals surface area (Å²) in [5.74, 6) is 0.827. The van der Waals surface area contributed by atoms with Gasteiger partial charge in [-0.3, -0.25) is 0 Å². The minimum absolute atomic E-state index is 0.109. The Hall–Kier alpha value is -1.03. The zero-order chi connectivity index (χ0) is 11.1. The molecule has 0 N–H and O–H groups in total. The van der Waals surface area contributed by atoms with Crippen LogP contribution in [0.15, 0.2) is 23.8 Å². The Morgan fingerprint density at radius 2 is 2.07 bits per heavy atom.